The van der Waals surface area contributed by atoms with E-state index in [1.807, 2.05) is 31.0 Å². The van der Waals surface area contributed by atoms with Gasteiger partial charge in [-0.3, -0.25) is 5.32 Å². The molecule has 0 spiro atoms. The van der Waals surface area contributed by atoms with E-state index >= 15 is 0 Å². The lowest BCUT2D eigenvalue weighted by molar-refractivity contribution is 0.218. The lowest BCUT2D eigenvalue weighted by Gasteiger charge is -2.29. The van der Waals surface area contributed by atoms with Crippen molar-refractivity contribution in [1.29, 1.82) is 5.26 Å². The number of likely N-dealkylation sites (tertiary alicyclic amines) is 1. The molecule has 9 nitrogen and oxygen atoms in total. The van der Waals surface area contributed by atoms with Crippen LogP contribution >= 0.6 is 11.5 Å². The summed E-state index contributed by atoms with van der Waals surface area (Å²) in [5.41, 5.74) is 2.33. The molecule has 166 valence electrons. The quantitative estimate of drug-likeness (QED) is 0.625. The van der Waals surface area contributed by atoms with E-state index in [2.05, 4.69) is 42.7 Å². The number of nitriles is 1. The number of carbonyl (C=O) groups is 1. The summed E-state index contributed by atoms with van der Waals surface area (Å²) < 4.78 is 4.30. The number of urea groups is 1. The summed E-state index contributed by atoms with van der Waals surface area (Å²) in [7, 11) is 2.07. The molecule has 1 aliphatic heterocycles. The van der Waals surface area contributed by atoms with Crippen molar-refractivity contribution in [3.8, 4) is 6.07 Å². The standard InChI is InChI=1S/C22H26N8OS/c1-12(2)19-26-21(32-28-19)27-22(31)30-10-13-6-16(7-14(13)11-30)29(3)18-15(8-23)9-25-20-17(18)4-5-24-20/h4-5,9,12-14,16H,6-7,10-11H2,1-3H3,(H,24,25)(H,26,27,28,31). The van der Waals surface area contributed by atoms with Crippen molar-refractivity contribution in [3.63, 3.8) is 0 Å². The van der Waals surface area contributed by atoms with E-state index in [1.54, 1.807) is 6.20 Å². The average molecular weight is 451 g/mol. The number of fused-ring (bicyclic) bond motifs is 2. The lowest BCUT2D eigenvalue weighted by atomic mass is 10.0. The van der Waals surface area contributed by atoms with Crippen LogP contribution in [0.15, 0.2) is 18.5 Å². The van der Waals surface area contributed by atoms with E-state index in [-0.39, 0.29) is 11.9 Å². The molecule has 1 saturated carbocycles. The van der Waals surface area contributed by atoms with Crippen LogP contribution in [0.3, 0.4) is 0 Å². The number of nitrogens with one attached hydrogen (secondary N) is 2. The third kappa shape index (κ3) is 3.56. The zero-order valence-corrected chi connectivity index (χ0v) is 19.2. The van der Waals surface area contributed by atoms with Crippen molar-refractivity contribution >= 4 is 39.4 Å². The molecule has 0 aromatic carbocycles. The smallest absolute Gasteiger partial charge is 0.323 e. The van der Waals surface area contributed by atoms with Crippen molar-refractivity contribution in [2.24, 2.45) is 11.8 Å². The molecular formula is C22H26N8OS. The monoisotopic (exact) mass is 450 g/mol. The minimum Gasteiger partial charge on any atom is -0.370 e. The average Bonchev–Trinajstić information content (AvgIpc) is 3.54. The molecule has 32 heavy (non-hydrogen) atoms. The summed E-state index contributed by atoms with van der Waals surface area (Å²) in [6.07, 6.45) is 5.50. The second kappa shape index (κ2) is 8.06. The first kappa shape index (κ1) is 20.7. The number of nitrogens with zero attached hydrogens (tertiary/aromatic N) is 6. The zero-order valence-electron chi connectivity index (χ0n) is 18.4. The van der Waals surface area contributed by atoms with Crippen molar-refractivity contribution in [2.75, 3.05) is 30.4 Å². The summed E-state index contributed by atoms with van der Waals surface area (Å²) in [6.45, 7) is 5.57. The Hall–Kier alpha value is -3.19. The highest BCUT2D eigenvalue weighted by Gasteiger charge is 2.44. The Morgan fingerprint density at radius 2 is 2.12 bits per heavy atom. The van der Waals surface area contributed by atoms with E-state index in [4.69, 9.17) is 0 Å². The van der Waals surface area contributed by atoms with Gasteiger partial charge in [0.25, 0.3) is 0 Å². The summed E-state index contributed by atoms with van der Waals surface area (Å²) in [5.74, 6) is 1.93. The number of pyridine rings is 1. The van der Waals surface area contributed by atoms with Gasteiger partial charge < -0.3 is 14.8 Å². The summed E-state index contributed by atoms with van der Waals surface area (Å²) >= 11 is 1.23. The molecule has 0 radical (unpaired) electrons. The van der Waals surface area contributed by atoms with Gasteiger partial charge in [0.2, 0.25) is 5.13 Å². The number of amides is 2. The largest absolute Gasteiger partial charge is 0.370 e. The molecule has 2 N–H and O–H groups in total. The number of hydrogen-bond acceptors (Lipinski definition) is 7. The maximum atomic E-state index is 12.8. The van der Waals surface area contributed by atoms with E-state index in [9.17, 15) is 10.1 Å². The van der Waals surface area contributed by atoms with Crippen molar-refractivity contribution in [3.05, 3.63) is 29.8 Å². The van der Waals surface area contributed by atoms with Gasteiger partial charge in [-0.15, -0.1) is 0 Å². The highest BCUT2D eigenvalue weighted by atomic mass is 32.1. The number of carbonyl (C=O) groups excluding carboxylic acids is 1. The third-order valence-corrected chi connectivity index (χ3v) is 7.41. The van der Waals surface area contributed by atoms with Gasteiger partial charge >= 0.3 is 6.03 Å². The number of aromatic amines is 1. The topological polar surface area (TPSA) is 114 Å². The van der Waals surface area contributed by atoms with Crippen LogP contribution in [0.1, 0.15) is 44.0 Å². The fourth-order valence-corrected chi connectivity index (χ4v) is 5.78. The predicted octanol–water partition coefficient (Wildman–Crippen LogP) is 3.79. The van der Waals surface area contributed by atoms with Gasteiger partial charge in [0.05, 0.1) is 11.3 Å². The van der Waals surface area contributed by atoms with Gasteiger partial charge in [0, 0.05) is 61.4 Å². The van der Waals surface area contributed by atoms with Crippen LogP contribution in [-0.4, -0.2) is 56.4 Å². The summed E-state index contributed by atoms with van der Waals surface area (Å²) in [6, 6.07) is 4.52. The van der Waals surface area contributed by atoms with Gasteiger partial charge in [-0.25, -0.2) is 14.8 Å². The Morgan fingerprint density at radius 1 is 1.38 bits per heavy atom. The predicted molar refractivity (Wildman–Crippen MR) is 124 cm³/mol. The van der Waals surface area contributed by atoms with E-state index in [1.165, 1.54) is 11.5 Å². The van der Waals surface area contributed by atoms with Crippen LogP contribution in [0.2, 0.25) is 0 Å². The second-order valence-electron chi connectivity index (χ2n) is 9.08. The first-order valence-electron chi connectivity index (χ1n) is 10.9. The maximum absolute atomic E-state index is 12.8. The van der Waals surface area contributed by atoms with Crippen LogP contribution in [0.5, 0.6) is 0 Å². The molecule has 2 aliphatic rings. The number of aromatic nitrogens is 4. The van der Waals surface area contributed by atoms with Crippen LogP contribution in [0.4, 0.5) is 15.6 Å². The first-order valence-corrected chi connectivity index (χ1v) is 11.7. The molecule has 0 bridgehead atoms. The number of anilines is 2. The van der Waals surface area contributed by atoms with Crippen LogP contribution in [0, 0.1) is 23.2 Å². The Morgan fingerprint density at radius 3 is 2.78 bits per heavy atom. The minimum atomic E-state index is -0.0920. The minimum absolute atomic E-state index is 0.0920. The van der Waals surface area contributed by atoms with Gasteiger partial charge in [-0.1, -0.05) is 13.8 Å². The Balaban J connectivity index is 1.25. The Labute approximate surface area is 190 Å². The maximum Gasteiger partial charge on any atom is 0.323 e. The number of hydrogen-bond donors (Lipinski definition) is 2. The second-order valence-corrected chi connectivity index (χ2v) is 9.83. The normalized spacial score (nSPS) is 22.3. The third-order valence-electron chi connectivity index (χ3n) is 6.76. The fraction of sp³-hybridized carbons (Fsp3) is 0.500. The van der Waals surface area contributed by atoms with Crippen LogP contribution in [0.25, 0.3) is 11.0 Å². The van der Waals surface area contributed by atoms with Crippen molar-refractivity contribution in [1.82, 2.24) is 24.2 Å². The van der Waals surface area contributed by atoms with Crippen molar-refractivity contribution in [2.45, 2.75) is 38.6 Å². The lowest BCUT2D eigenvalue weighted by Crippen LogP contribution is -2.36. The molecule has 2 unspecified atom stereocenters. The fourth-order valence-electron chi connectivity index (χ4n) is 5.08. The molecule has 1 aliphatic carbocycles. The van der Waals surface area contributed by atoms with Gasteiger partial charge in [-0.05, 0) is 30.7 Å². The molecule has 2 fully saturated rings. The van der Waals surface area contributed by atoms with E-state index in [0.29, 0.717) is 28.6 Å². The molecule has 3 aromatic rings. The molecule has 2 atom stereocenters. The zero-order chi connectivity index (χ0) is 22.4. The first-order chi connectivity index (χ1) is 15.4. The summed E-state index contributed by atoms with van der Waals surface area (Å²) in [5, 5.41) is 14.1. The number of H-pyrrole nitrogens is 1. The molecule has 3 aromatic heterocycles. The molecule has 5 rings (SSSR count). The Bertz CT molecular complexity index is 1180. The molecule has 10 heteroatoms. The molecule has 2 amide bonds. The van der Waals surface area contributed by atoms with Crippen LogP contribution in [-0.2, 0) is 0 Å². The van der Waals surface area contributed by atoms with Gasteiger partial charge in [0.1, 0.15) is 17.5 Å². The molecular weight excluding hydrogens is 424 g/mol. The highest BCUT2D eigenvalue weighted by Crippen LogP contribution is 2.42. The summed E-state index contributed by atoms with van der Waals surface area (Å²) in [4.78, 5) is 28.8. The van der Waals surface area contributed by atoms with Crippen molar-refractivity contribution < 1.29 is 4.79 Å². The number of rotatable bonds is 4. The van der Waals surface area contributed by atoms with E-state index in [0.717, 1.165) is 48.5 Å². The molecule has 4 heterocycles. The van der Waals surface area contributed by atoms with Gasteiger partial charge in [0.15, 0.2) is 0 Å². The SMILES string of the molecule is CC(C)c1nsc(NC(=O)N2CC3CC(N(C)c4c(C#N)cnc5[nH]ccc45)CC3C2)n1. The Kier molecular flexibility index (Phi) is 5.21. The molecule has 1 saturated heterocycles. The highest BCUT2D eigenvalue weighted by molar-refractivity contribution is 7.09. The van der Waals surface area contributed by atoms with E-state index < -0.39 is 0 Å². The van der Waals surface area contributed by atoms with Gasteiger partial charge in [-0.2, -0.15) is 9.64 Å². The van der Waals surface area contributed by atoms with Crippen LogP contribution < -0.4 is 10.2 Å².